The second-order valence-corrected chi connectivity index (χ2v) is 4.58. The predicted molar refractivity (Wildman–Crippen MR) is 66.4 cm³/mol. The molecule has 0 amide bonds. The highest BCUT2D eigenvalue weighted by atomic mass is 16.3. The van der Waals surface area contributed by atoms with Gasteiger partial charge in [0, 0.05) is 0 Å². The van der Waals surface area contributed by atoms with Gasteiger partial charge in [-0.2, -0.15) is 0 Å². The number of benzene rings is 1. The summed E-state index contributed by atoms with van der Waals surface area (Å²) in [6.07, 6.45) is 3.76. The largest absolute Gasteiger partial charge is 0.508 e. The molecule has 2 nitrogen and oxygen atoms in total. The molecule has 1 aromatic carbocycles. The highest BCUT2D eigenvalue weighted by Crippen LogP contribution is 2.24. The summed E-state index contributed by atoms with van der Waals surface area (Å²) in [6.45, 7) is 4.40. The van der Waals surface area contributed by atoms with Crippen LogP contribution in [0.2, 0.25) is 0 Å². The molecule has 0 saturated heterocycles. The first kappa shape index (κ1) is 13.0. The number of aromatic hydroxyl groups is 1. The number of hydrogen-bond acceptors (Lipinski definition) is 2. The van der Waals surface area contributed by atoms with Crippen LogP contribution in [-0.4, -0.2) is 10.2 Å². The van der Waals surface area contributed by atoms with Gasteiger partial charge >= 0.3 is 0 Å². The minimum Gasteiger partial charge on any atom is -0.508 e. The fraction of sp³-hybridized carbons (Fsp3) is 0.571. The topological polar surface area (TPSA) is 40.5 Å². The van der Waals surface area contributed by atoms with Crippen molar-refractivity contribution in [3.05, 3.63) is 29.8 Å². The summed E-state index contributed by atoms with van der Waals surface area (Å²) in [5.41, 5.74) is 0.809. The van der Waals surface area contributed by atoms with E-state index in [9.17, 15) is 10.2 Å². The molecule has 0 aliphatic rings. The molecule has 0 fully saturated rings. The molecule has 16 heavy (non-hydrogen) atoms. The van der Waals surface area contributed by atoms with Crippen molar-refractivity contribution in [2.24, 2.45) is 5.92 Å². The molecule has 0 aliphatic carbocycles. The number of aliphatic hydroxyl groups is 1. The molecule has 1 rings (SSSR count). The summed E-state index contributed by atoms with van der Waals surface area (Å²) >= 11 is 0. The molecule has 2 heteroatoms. The first-order valence-electron chi connectivity index (χ1n) is 6.10. The lowest BCUT2D eigenvalue weighted by atomic mass is 9.96. The van der Waals surface area contributed by atoms with E-state index in [1.54, 1.807) is 18.2 Å². The van der Waals surface area contributed by atoms with E-state index in [-0.39, 0.29) is 5.75 Å². The van der Waals surface area contributed by atoms with Crippen molar-refractivity contribution in [2.75, 3.05) is 0 Å². The van der Waals surface area contributed by atoms with Gasteiger partial charge in [0.15, 0.2) is 0 Å². The predicted octanol–water partition coefficient (Wildman–Crippen LogP) is 3.64. The summed E-state index contributed by atoms with van der Waals surface area (Å²) in [4.78, 5) is 0. The zero-order valence-electron chi connectivity index (χ0n) is 10.2. The Morgan fingerprint density at radius 2 is 1.94 bits per heavy atom. The van der Waals surface area contributed by atoms with Crippen LogP contribution in [0.3, 0.4) is 0 Å². The van der Waals surface area contributed by atoms with Crippen LogP contribution in [0, 0.1) is 5.92 Å². The maximum Gasteiger partial charge on any atom is 0.115 e. The van der Waals surface area contributed by atoms with Crippen LogP contribution in [0.4, 0.5) is 0 Å². The molecule has 1 aromatic rings. The fourth-order valence-corrected chi connectivity index (χ4v) is 1.98. The molecule has 90 valence electrons. The van der Waals surface area contributed by atoms with Crippen LogP contribution in [0.25, 0.3) is 0 Å². The Hall–Kier alpha value is -1.02. The van der Waals surface area contributed by atoms with Crippen molar-refractivity contribution in [2.45, 2.75) is 45.6 Å². The number of rotatable bonds is 6. The Labute approximate surface area is 97.9 Å². The summed E-state index contributed by atoms with van der Waals surface area (Å²) in [5.74, 6) is 0.884. The van der Waals surface area contributed by atoms with Crippen LogP contribution in [-0.2, 0) is 0 Å². The van der Waals surface area contributed by atoms with Crippen LogP contribution in [0.5, 0.6) is 5.75 Å². The SMILES string of the molecule is CCCC(C)CCC(O)c1cccc(O)c1. The van der Waals surface area contributed by atoms with E-state index in [0.29, 0.717) is 5.92 Å². The molecule has 0 aliphatic heterocycles. The zero-order chi connectivity index (χ0) is 12.0. The number of aliphatic hydroxyl groups excluding tert-OH is 1. The molecule has 0 radical (unpaired) electrons. The molecule has 0 spiro atoms. The maximum absolute atomic E-state index is 9.95. The second-order valence-electron chi connectivity index (χ2n) is 4.58. The van der Waals surface area contributed by atoms with E-state index in [2.05, 4.69) is 13.8 Å². The smallest absolute Gasteiger partial charge is 0.115 e. The molecule has 2 unspecified atom stereocenters. The van der Waals surface area contributed by atoms with Gasteiger partial charge in [0.2, 0.25) is 0 Å². The van der Waals surface area contributed by atoms with Crippen LogP contribution >= 0.6 is 0 Å². The van der Waals surface area contributed by atoms with Crippen LogP contribution in [0.15, 0.2) is 24.3 Å². The monoisotopic (exact) mass is 222 g/mol. The number of phenolic OH excluding ortho intramolecular Hbond substituents is 1. The van der Waals surface area contributed by atoms with E-state index in [1.807, 2.05) is 6.07 Å². The molecule has 0 heterocycles. The first-order valence-corrected chi connectivity index (χ1v) is 6.10. The normalized spacial score (nSPS) is 14.7. The van der Waals surface area contributed by atoms with Crippen molar-refractivity contribution in [1.29, 1.82) is 0 Å². The van der Waals surface area contributed by atoms with Crippen molar-refractivity contribution >= 4 is 0 Å². The third kappa shape index (κ3) is 4.23. The Kier molecular flexibility index (Phi) is 5.33. The lowest BCUT2D eigenvalue weighted by Crippen LogP contribution is -2.01. The summed E-state index contributed by atoms with van der Waals surface area (Å²) < 4.78 is 0. The van der Waals surface area contributed by atoms with E-state index < -0.39 is 6.10 Å². The van der Waals surface area contributed by atoms with Gasteiger partial charge in [-0.15, -0.1) is 0 Å². The van der Waals surface area contributed by atoms with E-state index in [0.717, 1.165) is 18.4 Å². The van der Waals surface area contributed by atoms with Crippen molar-refractivity contribution in [3.63, 3.8) is 0 Å². The molecular formula is C14H22O2. The third-order valence-electron chi connectivity index (χ3n) is 2.97. The molecule has 2 N–H and O–H groups in total. The van der Waals surface area contributed by atoms with Gasteiger partial charge < -0.3 is 10.2 Å². The van der Waals surface area contributed by atoms with Crippen LogP contribution < -0.4 is 0 Å². The van der Waals surface area contributed by atoms with Crippen LogP contribution in [0.1, 0.15) is 51.2 Å². The van der Waals surface area contributed by atoms with Gasteiger partial charge in [-0.3, -0.25) is 0 Å². The van der Waals surface area contributed by atoms with Crippen molar-refractivity contribution < 1.29 is 10.2 Å². The fourth-order valence-electron chi connectivity index (χ4n) is 1.98. The minimum atomic E-state index is -0.452. The average Bonchev–Trinajstić information content (AvgIpc) is 2.26. The van der Waals surface area contributed by atoms with E-state index in [1.165, 1.54) is 12.8 Å². The lowest BCUT2D eigenvalue weighted by molar-refractivity contribution is 0.156. The Morgan fingerprint density at radius 1 is 1.19 bits per heavy atom. The molecular weight excluding hydrogens is 200 g/mol. The lowest BCUT2D eigenvalue weighted by Gasteiger charge is -2.14. The van der Waals surface area contributed by atoms with E-state index >= 15 is 0 Å². The Morgan fingerprint density at radius 3 is 2.56 bits per heavy atom. The first-order chi connectivity index (χ1) is 7.63. The standard InChI is InChI=1S/C14H22O2/c1-3-5-11(2)8-9-14(16)12-6-4-7-13(15)10-12/h4,6-7,10-11,14-16H,3,5,8-9H2,1-2H3. The number of phenols is 1. The molecule has 2 atom stereocenters. The molecule has 0 bridgehead atoms. The van der Waals surface area contributed by atoms with E-state index in [4.69, 9.17) is 0 Å². The maximum atomic E-state index is 9.95. The minimum absolute atomic E-state index is 0.221. The van der Waals surface area contributed by atoms with Crippen molar-refractivity contribution in [3.8, 4) is 5.75 Å². The molecule has 0 saturated carbocycles. The number of hydrogen-bond donors (Lipinski definition) is 2. The summed E-state index contributed by atoms with van der Waals surface area (Å²) in [6, 6.07) is 6.88. The highest BCUT2D eigenvalue weighted by Gasteiger charge is 2.10. The van der Waals surface area contributed by atoms with Gasteiger partial charge in [-0.25, -0.2) is 0 Å². The second kappa shape index (κ2) is 6.54. The van der Waals surface area contributed by atoms with Gasteiger partial charge in [0.1, 0.15) is 5.75 Å². The highest BCUT2D eigenvalue weighted by molar-refractivity contribution is 5.28. The van der Waals surface area contributed by atoms with Gasteiger partial charge in [-0.05, 0) is 36.5 Å². The van der Waals surface area contributed by atoms with Crippen molar-refractivity contribution in [1.82, 2.24) is 0 Å². The van der Waals surface area contributed by atoms with Gasteiger partial charge in [0.05, 0.1) is 6.10 Å². The van der Waals surface area contributed by atoms with Gasteiger partial charge in [-0.1, -0.05) is 38.8 Å². The molecule has 0 aromatic heterocycles. The Bertz CT molecular complexity index is 309. The summed E-state index contributed by atoms with van der Waals surface area (Å²) in [5, 5.41) is 19.3. The van der Waals surface area contributed by atoms with Gasteiger partial charge in [0.25, 0.3) is 0 Å². The summed E-state index contributed by atoms with van der Waals surface area (Å²) in [7, 11) is 0. The quantitative estimate of drug-likeness (QED) is 0.771. The average molecular weight is 222 g/mol. The Balaban J connectivity index is 2.43. The third-order valence-corrected chi connectivity index (χ3v) is 2.97. The zero-order valence-corrected chi connectivity index (χ0v) is 10.2.